The van der Waals surface area contributed by atoms with Crippen molar-refractivity contribution in [3.05, 3.63) is 52.3 Å². The smallest absolute Gasteiger partial charge is 0.355 e. The third-order valence-corrected chi connectivity index (χ3v) is 6.62. The van der Waals surface area contributed by atoms with Gasteiger partial charge in [0.2, 0.25) is 0 Å². The van der Waals surface area contributed by atoms with E-state index in [4.69, 9.17) is 18.9 Å². The second-order valence-electron chi connectivity index (χ2n) is 9.65. The van der Waals surface area contributed by atoms with Gasteiger partial charge in [-0.1, -0.05) is 26.7 Å². The number of hydrogen-bond donors (Lipinski definition) is 3. The first-order valence-corrected chi connectivity index (χ1v) is 14.0. The highest BCUT2D eigenvalue weighted by Gasteiger charge is 2.37. The van der Waals surface area contributed by atoms with Crippen molar-refractivity contribution in [1.29, 1.82) is 0 Å². The molecule has 2 aromatic rings. The SMILES string of the molecule is CCCc1c(OCCCCCOc2ccc3c(c2CCC)OC(C(=O)OCC)C(O)=C3O)ccc(C(C)=O)c1O. The first-order valence-electron chi connectivity index (χ1n) is 14.0. The molecule has 0 aromatic heterocycles. The molecule has 0 bridgehead atoms. The number of ketones is 1. The number of carbonyl (C=O) groups is 2. The number of fused-ring (bicyclic) bond motifs is 1. The molecule has 0 spiro atoms. The number of aliphatic hydroxyl groups excluding tert-OH is 2. The minimum Gasteiger partial charge on any atom is -0.507 e. The van der Waals surface area contributed by atoms with E-state index in [0.29, 0.717) is 65.6 Å². The number of aliphatic hydroxyl groups is 2. The highest BCUT2D eigenvalue weighted by Crippen LogP contribution is 2.41. The standard InChI is InChI=1S/C31H40O9/c1-5-11-21-24(15-13-20(19(4)32)26(21)33)38-17-9-8-10-18-39-25-16-14-23-27(34)28(35)30(31(36)37-7-3)40-29(23)22(25)12-6-2/h13-16,30,33-35H,5-12,17-18H2,1-4H3. The second-order valence-corrected chi connectivity index (χ2v) is 9.65. The molecule has 1 aliphatic heterocycles. The molecule has 0 fully saturated rings. The summed E-state index contributed by atoms with van der Waals surface area (Å²) in [7, 11) is 0. The van der Waals surface area contributed by atoms with Crippen LogP contribution in [-0.4, -0.2) is 53.0 Å². The number of esters is 1. The quantitative estimate of drug-likeness (QED) is 0.133. The molecule has 0 saturated heterocycles. The predicted octanol–water partition coefficient (Wildman–Crippen LogP) is 6.24. The molecule has 0 amide bonds. The fourth-order valence-corrected chi connectivity index (χ4v) is 4.64. The highest BCUT2D eigenvalue weighted by atomic mass is 16.6. The van der Waals surface area contributed by atoms with E-state index in [-0.39, 0.29) is 18.1 Å². The maximum atomic E-state index is 12.3. The summed E-state index contributed by atoms with van der Waals surface area (Å²) in [6.07, 6.45) is 3.75. The molecule has 40 heavy (non-hydrogen) atoms. The van der Waals surface area contributed by atoms with Gasteiger partial charge in [0, 0.05) is 11.1 Å². The maximum absolute atomic E-state index is 12.3. The second kappa shape index (κ2) is 14.5. The predicted molar refractivity (Wildman–Crippen MR) is 151 cm³/mol. The number of benzene rings is 2. The molecule has 9 nitrogen and oxygen atoms in total. The number of carbonyl (C=O) groups excluding carboxylic acids is 2. The number of phenolic OH excluding ortho intramolecular Hbond substituents is 1. The summed E-state index contributed by atoms with van der Waals surface area (Å²) in [6.45, 7) is 8.11. The van der Waals surface area contributed by atoms with Crippen LogP contribution in [0.1, 0.15) is 86.8 Å². The summed E-state index contributed by atoms with van der Waals surface area (Å²) in [5.41, 5.74) is 1.99. The molecule has 1 atom stereocenters. The molecule has 218 valence electrons. The van der Waals surface area contributed by atoms with Crippen molar-refractivity contribution in [1.82, 2.24) is 0 Å². The van der Waals surface area contributed by atoms with Gasteiger partial charge in [0.1, 0.15) is 23.0 Å². The average molecular weight is 557 g/mol. The number of Topliss-reactive ketones (excluding diaryl/α,β-unsaturated/α-hetero) is 1. The molecule has 3 rings (SSSR count). The van der Waals surface area contributed by atoms with Crippen LogP contribution in [0.25, 0.3) is 5.76 Å². The Morgan fingerprint density at radius 2 is 1.45 bits per heavy atom. The van der Waals surface area contributed by atoms with Gasteiger partial charge in [-0.05, 0) is 70.2 Å². The van der Waals surface area contributed by atoms with Gasteiger partial charge in [0.05, 0.1) is 30.9 Å². The molecule has 1 unspecified atom stereocenters. The van der Waals surface area contributed by atoms with Crippen LogP contribution in [0.2, 0.25) is 0 Å². The van der Waals surface area contributed by atoms with E-state index in [9.17, 15) is 24.9 Å². The van der Waals surface area contributed by atoms with Crippen molar-refractivity contribution >= 4 is 17.5 Å². The Morgan fingerprint density at radius 1 is 0.850 bits per heavy atom. The first-order chi connectivity index (χ1) is 19.2. The van der Waals surface area contributed by atoms with Gasteiger partial charge < -0.3 is 34.3 Å². The summed E-state index contributed by atoms with van der Waals surface area (Å²) in [6, 6.07) is 6.68. The van der Waals surface area contributed by atoms with E-state index in [1.165, 1.54) is 6.92 Å². The molecule has 3 N–H and O–H groups in total. The largest absolute Gasteiger partial charge is 0.507 e. The van der Waals surface area contributed by atoms with Crippen molar-refractivity contribution in [2.24, 2.45) is 0 Å². The molecule has 1 aliphatic rings. The molecular formula is C31H40O9. The van der Waals surface area contributed by atoms with Gasteiger partial charge in [-0.25, -0.2) is 4.79 Å². The topological polar surface area (TPSA) is 132 Å². The highest BCUT2D eigenvalue weighted by molar-refractivity contribution is 5.97. The summed E-state index contributed by atoms with van der Waals surface area (Å²) in [4.78, 5) is 24.1. The van der Waals surface area contributed by atoms with Gasteiger partial charge >= 0.3 is 5.97 Å². The molecule has 0 aliphatic carbocycles. The fourth-order valence-electron chi connectivity index (χ4n) is 4.64. The van der Waals surface area contributed by atoms with Crippen LogP contribution in [0, 0.1) is 0 Å². The van der Waals surface area contributed by atoms with Crippen LogP contribution in [0.15, 0.2) is 30.0 Å². The van der Waals surface area contributed by atoms with E-state index in [1.54, 1.807) is 31.2 Å². The van der Waals surface area contributed by atoms with Gasteiger partial charge in [0.25, 0.3) is 6.10 Å². The maximum Gasteiger partial charge on any atom is 0.355 e. The van der Waals surface area contributed by atoms with Gasteiger partial charge in [-0.3, -0.25) is 4.79 Å². The van der Waals surface area contributed by atoms with E-state index >= 15 is 0 Å². The molecule has 1 heterocycles. The van der Waals surface area contributed by atoms with Crippen molar-refractivity contribution in [3.8, 4) is 23.0 Å². The summed E-state index contributed by atoms with van der Waals surface area (Å²) in [5, 5.41) is 31.4. The third kappa shape index (κ3) is 7.00. The Balaban J connectivity index is 1.58. The average Bonchev–Trinajstić information content (AvgIpc) is 2.92. The third-order valence-electron chi connectivity index (χ3n) is 6.62. The number of hydrogen-bond acceptors (Lipinski definition) is 9. The van der Waals surface area contributed by atoms with E-state index in [0.717, 1.165) is 32.1 Å². The lowest BCUT2D eigenvalue weighted by Crippen LogP contribution is -2.35. The zero-order valence-corrected chi connectivity index (χ0v) is 23.7. The number of rotatable bonds is 15. The fraction of sp³-hybridized carbons (Fsp3) is 0.484. The lowest BCUT2D eigenvalue weighted by atomic mass is 9.98. The lowest BCUT2D eigenvalue weighted by Gasteiger charge is -2.27. The Labute approximate surface area is 235 Å². The minimum absolute atomic E-state index is 0.00441. The minimum atomic E-state index is -1.43. The monoisotopic (exact) mass is 556 g/mol. The van der Waals surface area contributed by atoms with Crippen LogP contribution < -0.4 is 14.2 Å². The van der Waals surface area contributed by atoms with Crippen LogP contribution >= 0.6 is 0 Å². The Kier molecular flexibility index (Phi) is 11.1. The van der Waals surface area contributed by atoms with Crippen LogP contribution in [0.4, 0.5) is 0 Å². The van der Waals surface area contributed by atoms with Gasteiger partial charge in [-0.2, -0.15) is 0 Å². The van der Waals surface area contributed by atoms with Crippen molar-refractivity contribution in [2.75, 3.05) is 19.8 Å². The molecular weight excluding hydrogens is 516 g/mol. The van der Waals surface area contributed by atoms with Gasteiger partial charge in [0.15, 0.2) is 17.3 Å². The Morgan fingerprint density at radius 3 is 2.05 bits per heavy atom. The summed E-state index contributed by atoms with van der Waals surface area (Å²) in [5.74, 6) is -0.431. The van der Waals surface area contributed by atoms with E-state index in [1.807, 2.05) is 13.8 Å². The number of ether oxygens (including phenoxy) is 4. The Hall–Kier alpha value is -3.88. The molecule has 0 radical (unpaired) electrons. The first kappa shape index (κ1) is 30.7. The zero-order chi connectivity index (χ0) is 29.2. The van der Waals surface area contributed by atoms with Crippen LogP contribution in [0.5, 0.6) is 23.0 Å². The number of phenols is 1. The number of aromatic hydroxyl groups is 1. The molecule has 9 heteroatoms. The molecule has 2 aromatic carbocycles. The summed E-state index contributed by atoms with van der Waals surface area (Å²) >= 11 is 0. The van der Waals surface area contributed by atoms with Crippen LogP contribution in [0.3, 0.4) is 0 Å². The Bertz CT molecular complexity index is 1230. The lowest BCUT2D eigenvalue weighted by molar-refractivity contribution is -0.151. The summed E-state index contributed by atoms with van der Waals surface area (Å²) < 4.78 is 22.8. The van der Waals surface area contributed by atoms with E-state index in [2.05, 4.69) is 0 Å². The van der Waals surface area contributed by atoms with Crippen molar-refractivity contribution in [3.63, 3.8) is 0 Å². The van der Waals surface area contributed by atoms with Gasteiger partial charge in [-0.15, -0.1) is 0 Å². The normalized spacial score (nSPS) is 14.3. The zero-order valence-electron chi connectivity index (χ0n) is 23.7. The van der Waals surface area contributed by atoms with Crippen molar-refractivity contribution in [2.45, 2.75) is 78.7 Å². The van der Waals surface area contributed by atoms with Crippen molar-refractivity contribution < 1.29 is 43.9 Å². The number of unbranched alkanes of at least 4 members (excludes halogenated alkanes) is 2. The molecule has 0 saturated carbocycles. The van der Waals surface area contributed by atoms with E-state index < -0.39 is 23.6 Å². The van der Waals surface area contributed by atoms with Crippen LogP contribution in [-0.2, 0) is 22.4 Å².